The summed E-state index contributed by atoms with van der Waals surface area (Å²) in [6.07, 6.45) is -0.806. The van der Waals surface area contributed by atoms with E-state index in [1.54, 1.807) is 57.2 Å². The fourth-order valence-electron chi connectivity index (χ4n) is 2.40. The molecular formula is C20H25NO5S. The molecule has 0 spiro atoms. The van der Waals surface area contributed by atoms with Crippen molar-refractivity contribution in [3.63, 3.8) is 0 Å². The molecular weight excluding hydrogens is 366 g/mol. The fraction of sp³-hybridized carbons (Fsp3) is 0.350. The Hall–Kier alpha value is -2.54. The number of rotatable bonds is 5. The summed E-state index contributed by atoms with van der Waals surface area (Å²) in [6, 6.07) is 13.0. The van der Waals surface area contributed by atoms with Gasteiger partial charge in [-0.2, -0.15) is 0 Å². The Morgan fingerprint density at radius 2 is 1.56 bits per heavy atom. The number of ether oxygens (including phenoxy) is 2. The number of amides is 1. The maximum atomic E-state index is 13.2. The average molecular weight is 391 g/mol. The molecule has 0 aliphatic heterocycles. The Morgan fingerprint density at radius 3 is 2.04 bits per heavy atom. The molecule has 2 aromatic rings. The molecule has 7 heteroatoms. The second-order valence-corrected chi connectivity index (χ2v) is 9.19. The summed E-state index contributed by atoms with van der Waals surface area (Å²) in [5.74, 6) is 0.586. The van der Waals surface area contributed by atoms with Gasteiger partial charge in [0.15, 0.2) is 5.37 Å². The summed E-state index contributed by atoms with van der Waals surface area (Å²) in [7, 11) is -2.37. The second-order valence-electron chi connectivity index (χ2n) is 7.16. The molecule has 0 fully saturated rings. The van der Waals surface area contributed by atoms with Crippen molar-refractivity contribution < 1.29 is 22.7 Å². The van der Waals surface area contributed by atoms with Gasteiger partial charge < -0.3 is 14.8 Å². The van der Waals surface area contributed by atoms with Crippen molar-refractivity contribution in [2.75, 3.05) is 7.11 Å². The standard InChI is InChI=1S/C20H25NO5S/c1-14-6-12-17(13-7-14)27(23,24)18(21-19(22)26-20(2,3)4)15-8-10-16(25-5)11-9-15/h6-13,18H,1-5H3,(H,21,22). The van der Waals surface area contributed by atoms with E-state index in [1.807, 2.05) is 6.92 Å². The molecule has 27 heavy (non-hydrogen) atoms. The third kappa shape index (κ3) is 5.47. The Kier molecular flexibility index (Phi) is 6.15. The number of benzene rings is 2. The number of nitrogens with one attached hydrogen (secondary N) is 1. The van der Waals surface area contributed by atoms with Crippen LogP contribution < -0.4 is 10.1 Å². The van der Waals surface area contributed by atoms with Crippen molar-refractivity contribution in [2.24, 2.45) is 0 Å². The van der Waals surface area contributed by atoms with Crippen molar-refractivity contribution in [3.05, 3.63) is 59.7 Å². The molecule has 0 aliphatic rings. The van der Waals surface area contributed by atoms with Gasteiger partial charge in [0, 0.05) is 0 Å². The highest BCUT2D eigenvalue weighted by Crippen LogP contribution is 2.28. The van der Waals surface area contributed by atoms with Crippen LogP contribution in [0.1, 0.15) is 37.3 Å². The second kappa shape index (κ2) is 8.00. The van der Waals surface area contributed by atoms with Crippen LogP contribution in [0.5, 0.6) is 5.75 Å². The van der Waals surface area contributed by atoms with Gasteiger partial charge in [-0.15, -0.1) is 0 Å². The number of methoxy groups -OCH3 is 1. The minimum absolute atomic E-state index is 0.116. The number of hydrogen-bond acceptors (Lipinski definition) is 5. The lowest BCUT2D eigenvalue weighted by Crippen LogP contribution is -2.38. The molecule has 1 unspecified atom stereocenters. The first-order chi connectivity index (χ1) is 12.5. The van der Waals surface area contributed by atoms with Crippen LogP contribution in [0, 0.1) is 6.92 Å². The fourth-order valence-corrected chi connectivity index (χ4v) is 3.95. The topological polar surface area (TPSA) is 81.7 Å². The lowest BCUT2D eigenvalue weighted by Gasteiger charge is -2.24. The third-order valence-corrected chi connectivity index (χ3v) is 5.67. The summed E-state index contributed by atoms with van der Waals surface area (Å²) in [5.41, 5.74) is 0.597. The summed E-state index contributed by atoms with van der Waals surface area (Å²) in [6.45, 7) is 7.01. The van der Waals surface area contributed by atoms with Gasteiger partial charge in [0.05, 0.1) is 12.0 Å². The first-order valence-electron chi connectivity index (χ1n) is 8.47. The van der Waals surface area contributed by atoms with E-state index in [2.05, 4.69) is 5.32 Å². The summed E-state index contributed by atoms with van der Waals surface area (Å²) < 4.78 is 36.8. The largest absolute Gasteiger partial charge is 0.497 e. The maximum Gasteiger partial charge on any atom is 0.408 e. The van der Waals surface area contributed by atoms with Crippen molar-refractivity contribution in [1.29, 1.82) is 0 Å². The molecule has 0 aliphatic carbocycles. The van der Waals surface area contributed by atoms with Gasteiger partial charge in [-0.1, -0.05) is 29.8 Å². The molecule has 1 N–H and O–H groups in total. The quantitative estimate of drug-likeness (QED) is 0.833. The number of carbonyl (C=O) groups excluding carboxylic acids is 1. The van der Waals surface area contributed by atoms with E-state index in [0.29, 0.717) is 11.3 Å². The van der Waals surface area contributed by atoms with Crippen LogP contribution in [0.4, 0.5) is 4.79 Å². The lowest BCUT2D eigenvalue weighted by molar-refractivity contribution is 0.0519. The molecule has 146 valence electrons. The van der Waals surface area contributed by atoms with Crippen molar-refractivity contribution in [1.82, 2.24) is 5.32 Å². The van der Waals surface area contributed by atoms with Gasteiger partial charge in [0.25, 0.3) is 0 Å². The molecule has 0 saturated heterocycles. The average Bonchev–Trinajstić information content (AvgIpc) is 2.58. The third-order valence-electron chi connectivity index (χ3n) is 3.73. The van der Waals surface area contributed by atoms with Crippen LogP contribution in [0.25, 0.3) is 0 Å². The highest BCUT2D eigenvalue weighted by molar-refractivity contribution is 7.91. The molecule has 0 aromatic heterocycles. The van der Waals surface area contributed by atoms with Crippen molar-refractivity contribution >= 4 is 15.9 Å². The molecule has 0 heterocycles. The molecule has 2 rings (SSSR count). The summed E-state index contributed by atoms with van der Waals surface area (Å²) >= 11 is 0. The van der Waals surface area contributed by atoms with Crippen LogP contribution in [0.15, 0.2) is 53.4 Å². The van der Waals surface area contributed by atoms with E-state index in [-0.39, 0.29) is 4.90 Å². The Bertz CT molecular complexity index is 881. The van der Waals surface area contributed by atoms with Crippen LogP contribution >= 0.6 is 0 Å². The minimum Gasteiger partial charge on any atom is -0.497 e. The minimum atomic E-state index is -3.89. The zero-order valence-corrected chi connectivity index (χ0v) is 17.0. The van der Waals surface area contributed by atoms with E-state index < -0.39 is 26.9 Å². The van der Waals surface area contributed by atoms with Gasteiger partial charge in [-0.05, 0) is 57.5 Å². The van der Waals surface area contributed by atoms with Gasteiger partial charge in [-0.3, -0.25) is 0 Å². The Labute approximate surface area is 160 Å². The number of alkyl carbamates (subject to hydrolysis) is 1. The molecule has 0 saturated carbocycles. The monoisotopic (exact) mass is 391 g/mol. The molecule has 1 atom stereocenters. The number of sulfone groups is 1. The molecule has 0 bridgehead atoms. The maximum absolute atomic E-state index is 13.2. The number of aryl methyl sites for hydroxylation is 1. The van der Waals surface area contributed by atoms with Gasteiger partial charge in [0.2, 0.25) is 9.84 Å². The number of hydrogen-bond donors (Lipinski definition) is 1. The van der Waals surface area contributed by atoms with Crippen LogP contribution in [-0.4, -0.2) is 27.2 Å². The van der Waals surface area contributed by atoms with Gasteiger partial charge >= 0.3 is 6.09 Å². The van der Waals surface area contributed by atoms with Gasteiger partial charge in [-0.25, -0.2) is 13.2 Å². The first-order valence-corrected chi connectivity index (χ1v) is 10.0. The predicted octanol–water partition coefficient (Wildman–Crippen LogP) is 4.00. The Balaban J connectivity index is 2.44. The molecule has 0 radical (unpaired) electrons. The zero-order chi connectivity index (χ0) is 20.2. The molecule has 2 aromatic carbocycles. The predicted molar refractivity (Wildman–Crippen MR) is 103 cm³/mol. The summed E-state index contributed by atoms with van der Waals surface area (Å²) in [5, 5.41) is 1.20. The van der Waals surface area contributed by atoms with Gasteiger partial charge in [0.1, 0.15) is 11.4 Å². The lowest BCUT2D eigenvalue weighted by atomic mass is 10.2. The SMILES string of the molecule is COc1ccc(C(NC(=O)OC(C)(C)C)S(=O)(=O)c2ccc(C)cc2)cc1. The zero-order valence-electron chi connectivity index (χ0n) is 16.1. The van der Waals surface area contributed by atoms with E-state index in [0.717, 1.165) is 5.56 Å². The molecule has 6 nitrogen and oxygen atoms in total. The van der Waals surface area contributed by atoms with E-state index >= 15 is 0 Å². The van der Waals surface area contributed by atoms with E-state index in [1.165, 1.54) is 19.2 Å². The van der Waals surface area contributed by atoms with E-state index in [4.69, 9.17) is 9.47 Å². The Morgan fingerprint density at radius 1 is 1.00 bits per heavy atom. The van der Waals surface area contributed by atoms with Crippen LogP contribution in [0.3, 0.4) is 0 Å². The van der Waals surface area contributed by atoms with Crippen LogP contribution in [0.2, 0.25) is 0 Å². The van der Waals surface area contributed by atoms with E-state index in [9.17, 15) is 13.2 Å². The number of carbonyl (C=O) groups is 1. The highest BCUT2D eigenvalue weighted by Gasteiger charge is 2.32. The normalized spacial score (nSPS) is 12.9. The van der Waals surface area contributed by atoms with Crippen LogP contribution in [-0.2, 0) is 14.6 Å². The molecule has 1 amide bonds. The smallest absolute Gasteiger partial charge is 0.408 e. The van der Waals surface area contributed by atoms with Crippen molar-refractivity contribution in [2.45, 2.75) is 43.6 Å². The highest BCUT2D eigenvalue weighted by atomic mass is 32.2. The van der Waals surface area contributed by atoms with Crippen molar-refractivity contribution in [3.8, 4) is 5.75 Å². The first kappa shape index (κ1) is 20.8. The summed E-state index contributed by atoms with van der Waals surface area (Å²) in [4.78, 5) is 12.4.